The van der Waals surface area contributed by atoms with Gasteiger partial charge in [-0.1, -0.05) is 49.0 Å². The van der Waals surface area contributed by atoms with Crippen LogP contribution in [0.5, 0.6) is 0 Å². The smallest absolute Gasteiger partial charge is 0.237 e. The van der Waals surface area contributed by atoms with Crippen molar-refractivity contribution in [1.29, 1.82) is 0 Å². The first-order valence-electron chi connectivity index (χ1n) is 6.04. The van der Waals surface area contributed by atoms with Crippen LogP contribution in [0.4, 0.5) is 5.88 Å². The van der Waals surface area contributed by atoms with Crippen molar-refractivity contribution in [1.82, 2.24) is 15.4 Å². The number of hydrogen-bond donors (Lipinski definition) is 1. The van der Waals surface area contributed by atoms with Crippen LogP contribution in [-0.4, -0.2) is 27.0 Å². The van der Waals surface area contributed by atoms with E-state index in [0.29, 0.717) is 5.88 Å². The zero-order valence-electron chi connectivity index (χ0n) is 11.8. The number of nitrogens with one attached hydrogen (secondary N) is 1. The molecule has 2 aromatic rings. The lowest BCUT2D eigenvalue weighted by Gasteiger charge is -2.12. The topological polar surface area (TPSA) is 80.9 Å². The van der Waals surface area contributed by atoms with Crippen molar-refractivity contribution in [3.63, 3.8) is 0 Å². The van der Waals surface area contributed by atoms with Crippen LogP contribution in [0.25, 0.3) is 0 Å². The van der Waals surface area contributed by atoms with Gasteiger partial charge in [0, 0.05) is 11.5 Å². The van der Waals surface area contributed by atoms with Gasteiger partial charge >= 0.3 is 0 Å². The summed E-state index contributed by atoms with van der Waals surface area (Å²) in [5.41, 5.74) is 0.700. The molecule has 2 aromatic heterocycles. The Balaban J connectivity index is 1.87. The van der Waals surface area contributed by atoms with Crippen molar-refractivity contribution in [3.8, 4) is 0 Å². The summed E-state index contributed by atoms with van der Waals surface area (Å²) in [5.74, 6) is 0.480. The van der Waals surface area contributed by atoms with E-state index in [0.717, 1.165) is 15.0 Å². The average Bonchev–Trinajstić information content (AvgIpc) is 2.95. The zero-order chi connectivity index (χ0) is 14.8. The van der Waals surface area contributed by atoms with Gasteiger partial charge in [-0.3, -0.25) is 10.1 Å². The molecule has 20 heavy (non-hydrogen) atoms. The molecule has 0 spiro atoms. The fourth-order valence-corrected chi connectivity index (χ4v) is 2.94. The van der Waals surface area contributed by atoms with Crippen LogP contribution < -0.4 is 5.32 Å². The second-order valence-electron chi connectivity index (χ2n) is 5.25. The van der Waals surface area contributed by atoms with Gasteiger partial charge in [0.2, 0.25) is 11.8 Å². The Morgan fingerprint density at radius 2 is 2.20 bits per heavy atom. The molecule has 0 saturated carbocycles. The predicted molar refractivity (Wildman–Crippen MR) is 79.2 cm³/mol. The lowest BCUT2D eigenvalue weighted by molar-refractivity contribution is -0.113. The van der Waals surface area contributed by atoms with Crippen molar-refractivity contribution in [3.05, 3.63) is 16.8 Å². The molecule has 0 aliphatic carbocycles. The Hall–Kier alpha value is -1.41. The van der Waals surface area contributed by atoms with E-state index in [1.165, 1.54) is 23.1 Å². The molecule has 0 aliphatic heterocycles. The van der Waals surface area contributed by atoms with Crippen LogP contribution in [0.1, 0.15) is 31.5 Å². The quantitative estimate of drug-likeness (QED) is 0.874. The number of carbonyl (C=O) groups excluding carboxylic acids is 1. The number of rotatable bonds is 4. The van der Waals surface area contributed by atoms with E-state index in [9.17, 15) is 4.79 Å². The lowest BCUT2D eigenvalue weighted by atomic mass is 9.92. The maximum absolute atomic E-state index is 11.8. The van der Waals surface area contributed by atoms with Gasteiger partial charge in [0.05, 0.1) is 11.4 Å². The first kappa shape index (κ1) is 15.0. The number of amides is 1. The molecule has 0 bridgehead atoms. The molecule has 8 heteroatoms. The van der Waals surface area contributed by atoms with E-state index < -0.39 is 0 Å². The molecule has 0 aromatic carbocycles. The monoisotopic (exact) mass is 312 g/mol. The number of anilines is 1. The Morgan fingerprint density at radius 1 is 1.45 bits per heavy atom. The fourth-order valence-electron chi connectivity index (χ4n) is 1.33. The molecule has 1 N–H and O–H groups in total. The summed E-state index contributed by atoms with van der Waals surface area (Å²) >= 11 is 2.82. The number of carbonyl (C=O) groups is 1. The number of aryl methyl sites for hydroxylation is 1. The second kappa shape index (κ2) is 5.92. The second-order valence-corrected chi connectivity index (χ2v) is 7.65. The molecule has 0 saturated heterocycles. The maximum atomic E-state index is 11.8. The van der Waals surface area contributed by atoms with Gasteiger partial charge < -0.3 is 4.52 Å². The van der Waals surface area contributed by atoms with Crippen LogP contribution in [0.15, 0.2) is 14.9 Å². The van der Waals surface area contributed by atoms with Crippen LogP contribution in [0.3, 0.4) is 0 Å². The molecule has 108 valence electrons. The van der Waals surface area contributed by atoms with Crippen LogP contribution in [0.2, 0.25) is 0 Å². The molecule has 0 atom stereocenters. The third kappa shape index (κ3) is 4.04. The van der Waals surface area contributed by atoms with Gasteiger partial charge in [-0.05, 0) is 6.92 Å². The number of nitrogens with zero attached hydrogens (tertiary/aromatic N) is 3. The minimum Gasteiger partial charge on any atom is -0.338 e. The first-order chi connectivity index (χ1) is 9.34. The molecular weight excluding hydrogens is 296 g/mol. The van der Waals surface area contributed by atoms with E-state index in [1.54, 1.807) is 6.07 Å². The largest absolute Gasteiger partial charge is 0.338 e. The van der Waals surface area contributed by atoms with E-state index in [2.05, 4.69) is 20.7 Å². The van der Waals surface area contributed by atoms with E-state index in [-0.39, 0.29) is 17.1 Å². The van der Waals surface area contributed by atoms with Crippen LogP contribution in [-0.2, 0) is 10.2 Å². The number of hydrogen-bond acceptors (Lipinski definition) is 7. The highest BCUT2D eigenvalue weighted by Gasteiger charge is 2.19. The van der Waals surface area contributed by atoms with Gasteiger partial charge in [0.1, 0.15) is 5.01 Å². The number of thioether (sulfide) groups is 1. The summed E-state index contributed by atoms with van der Waals surface area (Å²) in [6.07, 6.45) is 0. The van der Waals surface area contributed by atoms with E-state index >= 15 is 0 Å². The van der Waals surface area contributed by atoms with Crippen molar-refractivity contribution in [2.24, 2.45) is 0 Å². The van der Waals surface area contributed by atoms with Gasteiger partial charge in [-0.25, -0.2) is 0 Å². The van der Waals surface area contributed by atoms with Crippen LogP contribution >= 0.6 is 23.1 Å². The Morgan fingerprint density at radius 3 is 2.75 bits per heavy atom. The highest BCUT2D eigenvalue weighted by Crippen LogP contribution is 2.24. The Labute approximate surface area is 125 Å². The van der Waals surface area contributed by atoms with Gasteiger partial charge in [-0.2, -0.15) is 0 Å². The fraction of sp³-hybridized carbons (Fsp3) is 0.500. The minimum absolute atomic E-state index is 0.106. The molecule has 2 heterocycles. The molecule has 0 aliphatic rings. The zero-order valence-corrected chi connectivity index (χ0v) is 13.4. The highest BCUT2D eigenvalue weighted by atomic mass is 32.2. The predicted octanol–water partition coefficient (Wildman–Crippen LogP) is 2.86. The summed E-state index contributed by atoms with van der Waals surface area (Å²) < 4.78 is 5.88. The van der Waals surface area contributed by atoms with Crippen molar-refractivity contribution < 1.29 is 9.32 Å². The Bertz CT molecular complexity index is 601. The molecule has 2 rings (SSSR count). The molecule has 0 radical (unpaired) electrons. The van der Waals surface area contributed by atoms with Crippen molar-refractivity contribution in [2.45, 2.75) is 37.4 Å². The summed E-state index contributed by atoms with van der Waals surface area (Å²) in [6, 6.07) is 1.75. The normalized spacial score (nSPS) is 11.6. The third-order valence-corrected chi connectivity index (χ3v) is 4.35. The van der Waals surface area contributed by atoms with E-state index in [1.807, 2.05) is 27.7 Å². The summed E-state index contributed by atoms with van der Waals surface area (Å²) in [4.78, 5) is 11.8. The highest BCUT2D eigenvalue weighted by molar-refractivity contribution is 8.01. The van der Waals surface area contributed by atoms with Gasteiger partial charge in [0.25, 0.3) is 0 Å². The van der Waals surface area contributed by atoms with Crippen molar-refractivity contribution >= 4 is 34.9 Å². The van der Waals surface area contributed by atoms with E-state index in [4.69, 9.17) is 4.52 Å². The minimum atomic E-state index is -0.153. The number of aromatic nitrogens is 3. The first-order valence-corrected chi connectivity index (χ1v) is 7.85. The summed E-state index contributed by atoms with van der Waals surface area (Å²) in [5, 5.41) is 15.4. The van der Waals surface area contributed by atoms with Crippen molar-refractivity contribution in [2.75, 3.05) is 11.1 Å². The van der Waals surface area contributed by atoms with Gasteiger partial charge in [-0.15, -0.1) is 10.2 Å². The SMILES string of the molecule is Cc1nnc(SCC(=O)Nc2cc(C(C)(C)C)no2)s1. The average molecular weight is 312 g/mol. The van der Waals surface area contributed by atoms with Gasteiger partial charge in [0.15, 0.2) is 4.34 Å². The molecule has 6 nitrogen and oxygen atoms in total. The summed E-state index contributed by atoms with van der Waals surface area (Å²) in [6.45, 7) is 7.97. The molecule has 1 amide bonds. The maximum Gasteiger partial charge on any atom is 0.237 e. The standard InChI is InChI=1S/C12H16N4O2S2/c1-7-14-15-11(20-7)19-6-9(17)13-10-5-8(16-18-10)12(2,3)4/h5H,6H2,1-4H3,(H,13,17). The third-order valence-electron chi connectivity index (χ3n) is 2.38. The van der Waals surface area contributed by atoms with Crippen LogP contribution in [0, 0.1) is 6.92 Å². The summed E-state index contributed by atoms with van der Waals surface area (Å²) in [7, 11) is 0. The Kier molecular flexibility index (Phi) is 4.44. The molecular formula is C12H16N4O2S2. The lowest BCUT2D eigenvalue weighted by Crippen LogP contribution is -2.14. The molecule has 0 unspecified atom stereocenters. The molecule has 0 fully saturated rings.